The summed E-state index contributed by atoms with van der Waals surface area (Å²) in [5.74, 6) is 5.83. The lowest BCUT2D eigenvalue weighted by molar-refractivity contribution is 0.640. The number of hydrazine groups is 1. The molecule has 21 heavy (non-hydrogen) atoms. The van der Waals surface area contributed by atoms with Gasteiger partial charge in [0.05, 0.1) is 6.04 Å². The van der Waals surface area contributed by atoms with Gasteiger partial charge in [-0.15, -0.1) is 0 Å². The Morgan fingerprint density at radius 1 is 1.19 bits per heavy atom. The van der Waals surface area contributed by atoms with Crippen LogP contribution in [0.1, 0.15) is 22.7 Å². The molecule has 0 aliphatic rings. The molecule has 0 radical (unpaired) electrons. The minimum atomic E-state index is -0.0651. The molecule has 0 fully saturated rings. The van der Waals surface area contributed by atoms with Crippen LogP contribution in [0.25, 0.3) is 10.8 Å². The first-order valence-electron chi connectivity index (χ1n) is 6.75. The van der Waals surface area contributed by atoms with Gasteiger partial charge in [-0.1, -0.05) is 46.3 Å². The zero-order chi connectivity index (χ0) is 14.8. The van der Waals surface area contributed by atoms with Gasteiger partial charge in [-0.3, -0.25) is 10.8 Å². The number of aromatic nitrogens is 1. The first kappa shape index (κ1) is 14.2. The number of halogens is 1. The van der Waals surface area contributed by atoms with Crippen molar-refractivity contribution in [2.45, 2.75) is 13.0 Å². The number of hydrogen-bond acceptors (Lipinski definition) is 3. The highest BCUT2D eigenvalue weighted by Crippen LogP contribution is 2.29. The van der Waals surface area contributed by atoms with Gasteiger partial charge in [0.15, 0.2) is 0 Å². The Labute approximate surface area is 132 Å². The van der Waals surface area contributed by atoms with Crippen LogP contribution in [0, 0.1) is 6.92 Å². The summed E-state index contributed by atoms with van der Waals surface area (Å²) in [5, 5.41) is 2.28. The molecule has 106 valence electrons. The van der Waals surface area contributed by atoms with Crippen LogP contribution >= 0.6 is 15.9 Å². The Bertz CT molecular complexity index is 781. The summed E-state index contributed by atoms with van der Waals surface area (Å²) in [6.07, 6.45) is 3.70. The average Bonchev–Trinajstić information content (AvgIpc) is 2.52. The number of nitrogens with zero attached hydrogens (tertiary/aromatic N) is 1. The average molecular weight is 342 g/mol. The Hall–Kier alpha value is -1.75. The first-order valence-corrected chi connectivity index (χ1v) is 7.55. The lowest BCUT2D eigenvalue weighted by Gasteiger charge is -2.19. The first-order chi connectivity index (χ1) is 10.2. The quantitative estimate of drug-likeness (QED) is 0.561. The van der Waals surface area contributed by atoms with Gasteiger partial charge >= 0.3 is 0 Å². The molecule has 3 nitrogen and oxygen atoms in total. The summed E-state index contributed by atoms with van der Waals surface area (Å²) >= 11 is 3.53. The topological polar surface area (TPSA) is 50.9 Å². The molecule has 3 rings (SSSR count). The molecular weight excluding hydrogens is 326 g/mol. The van der Waals surface area contributed by atoms with Crippen molar-refractivity contribution in [3.8, 4) is 0 Å². The zero-order valence-electron chi connectivity index (χ0n) is 11.7. The van der Waals surface area contributed by atoms with Crippen LogP contribution in [-0.4, -0.2) is 4.98 Å². The van der Waals surface area contributed by atoms with Gasteiger partial charge in [-0.25, -0.2) is 5.43 Å². The normalized spacial score (nSPS) is 12.5. The van der Waals surface area contributed by atoms with Crippen molar-refractivity contribution >= 4 is 26.7 Å². The summed E-state index contributed by atoms with van der Waals surface area (Å²) in [6.45, 7) is 2.08. The van der Waals surface area contributed by atoms with Crippen molar-refractivity contribution in [1.82, 2.24) is 10.4 Å². The second-order valence-electron chi connectivity index (χ2n) is 5.05. The number of nitrogens with one attached hydrogen (secondary N) is 1. The van der Waals surface area contributed by atoms with Gasteiger partial charge < -0.3 is 0 Å². The minimum absolute atomic E-state index is 0.0651. The number of rotatable bonds is 3. The molecule has 1 heterocycles. The van der Waals surface area contributed by atoms with Crippen molar-refractivity contribution < 1.29 is 0 Å². The molecule has 0 aliphatic heterocycles. The van der Waals surface area contributed by atoms with Crippen LogP contribution in [0.5, 0.6) is 0 Å². The highest BCUT2D eigenvalue weighted by atomic mass is 79.9. The molecule has 0 spiro atoms. The monoisotopic (exact) mass is 341 g/mol. The summed E-state index contributed by atoms with van der Waals surface area (Å²) < 4.78 is 1.10. The maximum absolute atomic E-state index is 5.83. The molecule has 1 unspecified atom stereocenters. The molecule has 1 atom stereocenters. The molecule has 1 aromatic heterocycles. The number of pyridine rings is 1. The number of benzene rings is 2. The van der Waals surface area contributed by atoms with Gasteiger partial charge in [0.2, 0.25) is 0 Å². The van der Waals surface area contributed by atoms with E-state index in [0.29, 0.717) is 0 Å². The van der Waals surface area contributed by atoms with E-state index in [4.69, 9.17) is 5.84 Å². The van der Waals surface area contributed by atoms with E-state index < -0.39 is 0 Å². The third kappa shape index (κ3) is 2.70. The molecule has 0 saturated heterocycles. The maximum atomic E-state index is 5.83. The van der Waals surface area contributed by atoms with Gasteiger partial charge in [0.25, 0.3) is 0 Å². The van der Waals surface area contributed by atoms with Crippen molar-refractivity contribution in [2.75, 3.05) is 0 Å². The van der Waals surface area contributed by atoms with E-state index in [9.17, 15) is 0 Å². The van der Waals surface area contributed by atoms with Crippen molar-refractivity contribution in [3.05, 3.63) is 76.0 Å². The number of hydrogen-bond donors (Lipinski definition) is 2. The summed E-state index contributed by atoms with van der Waals surface area (Å²) in [6, 6.07) is 14.4. The van der Waals surface area contributed by atoms with Crippen LogP contribution in [0.3, 0.4) is 0 Å². The highest BCUT2D eigenvalue weighted by molar-refractivity contribution is 9.10. The highest BCUT2D eigenvalue weighted by Gasteiger charge is 2.15. The van der Waals surface area contributed by atoms with Crippen molar-refractivity contribution in [1.29, 1.82) is 0 Å². The lowest BCUT2D eigenvalue weighted by atomic mass is 9.94. The second kappa shape index (κ2) is 5.93. The summed E-state index contributed by atoms with van der Waals surface area (Å²) in [5.41, 5.74) is 6.38. The van der Waals surface area contributed by atoms with E-state index in [2.05, 4.69) is 63.6 Å². The fraction of sp³-hybridized carbons (Fsp3) is 0.118. The molecule has 0 amide bonds. The van der Waals surface area contributed by atoms with E-state index >= 15 is 0 Å². The Kier molecular flexibility index (Phi) is 4.01. The van der Waals surface area contributed by atoms with Gasteiger partial charge in [0, 0.05) is 22.3 Å². The van der Waals surface area contributed by atoms with E-state index in [1.54, 1.807) is 6.20 Å². The summed E-state index contributed by atoms with van der Waals surface area (Å²) in [4.78, 5) is 4.24. The molecule has 3 aromatic rings. The van der Waals surface area contributed by atoms with Crippen LogP contribution in [0.2, 0.25) is 0 Å². The largest absolute Gasteiger partial charge is 0.271 e. The molecule has 0 aliphatic carbocycles. The SMILES string of the molecule is Cc1cc(C(NN)c2cccc3ccncc23)ccc1Br. The van der Waals surface area contributed by atoms with Crippen LogP contribution in [-0.2, 0) is 0 Å². The minimum Gasteiger partial charge on any atom is -0.271 e. The number of nitrogens with two attached hydrogens (primary N) is 1. The van der Waals surface area contributed by atoms with Crippen LogP contribution in [0.4, 0.5) is 0 Å². The van der Waals surface area contributed by atoms with Crippen LogP contribution < -0.4 is 11.3 Å². The molecule has 3 N–H and O–H groups in total. The third-order valence-electron chi connectivity index (χ3n) is 3.71. The van der Waals surface area contributed by atoms with Gasteiger partial charge in [-0.2, -0.15) is 0 Å². The Morgan fingerprint density at radius 2 is 2.05 bits per heavy atom. The smallest absolute Gasteiger partial charge is 0.0716 e. The predicted molar refractivity (Wildman–Crippen MR) is 89.8 cm³/mol. The molecule has 4 heteroatoms. The standard InChI is InChI=1S/C17H16BrN3/c1-11-9-13(5-6-16(11)18)17(21-19)14-4-2-3-12-7-8-20-10-15(12)14/h2-10,17,21H,19H2,1H3. The zero-order valence-corrected chi connectivity index (χ0v) is 13.3. The number of fused-ring (bicyclic) bond motifs is 1. The summed E-state index contributed by atoms with van der Waals surface area (Å²) in [7, 11) is 0. The maximum Gasteiger partial charge on any atom is 0.0716 e. The van der Waals surface area contributed by atoms with E-state index in [0.717, 1.165) is 26.4 Å². The van der Waals surface area contributed by atoms with Crippen molar-refractivity contribution in [3.63, 3.8) is 0 Å². The van der Waals surface area contributed by atoms with Crippen molar-refractivity contribution in [2.24, 2.45) is 5.84 Å². The lowest BCUT2D eigenvalue weighted by Crippen LogP contribution is -2.29. The van der Waals surface area contributed by atoms with Gasteiger partial charge in [0.1, 0.15) is 0 Å². The fourth-order valence-corrected chi connectivity index (χ4v) is 2.85. The molecule has 2 aromatic carbocycles. The molecule has 0 bridgehead atoms. The predicted octanol–water partition coefficient (Wildman–Crippen LogP) is 3.86. The van der Waals surface area contributed by atoms with Crippen LogP contribution in [0.15, 0.2) is 59.3 Å². The second-order valence-corrected chi connectivity index (χ2v) is 5.91. The van der Waals surface area contributed by atoms with E-state index in [-0.39, 0.29) is 6.04 Å². The molecule has 0 saturated carbocycles. The Morgan fingerprint density at radius 3 is 2.81 bits per heavy atom. The van der Waals surface area contributed by atoms with E-state index in [1.165, 1.54) is 5.56 Å². The Balaban J connectivity index is 2.16. The molecular formula is C17H16BrN3. The number of aryl methyl sites for hydroxylation is 1. The van der Waals surface area contributed by atoms with Gasteiger partial charge in [-0.05, 0) is 41.1 Å². The third-order valence-corrected chi connectivity index (χ3v) is 4.60. The fourth-order valence-electron chi connectivity index (χ4n) is 2.60. The van der Waals surface area contributed by atoms with E-state index in [1.807, 2.05) is 18.3 Å².